The van der Waals surface area contributed by atoms with Crippen molar-refractivity contribution in [2.75, 3.05) is 30.3 Å². The zero-order chi connectivity index (χ0) is 15.3. The molecular weight excluding hydrogens is 268 g/mol. The van der Waals surface area contributed by atoms with E-state index >= 15 is 0 Å². The first kappa shape index (κ1) is 15.5. The highest BCUT2D eigenvalue weighted by Crippen LogP contribution is 2.22. The topological polar surface area (TPSA) is 90.3 Å². The molecule has 6 heteroatoms. The SMILES string of the molecule is CCCNc1nc(NCC(C)(O)CO)c2ccccc2n1. The van der Waals surface area contributed by atoms with Crippen LogP contribution in [0, 0.1) is 0 Å². The number of hydrogen-bond donors (Lipinski definition) is 4. The van der Waals surface area contributed by atoms with Crippen molar-refractivity contribution in [3.8, 4) is 0 Å². The average Bonchev–Trinajstić information content (AvgIpc) is 2.50. The third kappa shape index (κ3) is 4.03. The molecule has 0 saturated heterocycles. The predicted octanol–water partition coefficient (Wildman–Crippen LogP) is 1.61. The Bertz CT molecular complexity index is 601. The van der Waals surface area contributed by atoms with Gasteiger partial charge in [-0.05, 0) is 25.5 Å². The summed E-state index contributed by atoms with van der Waals surface area (Å²) in [6.07, 6.45) is 0.984. The molecule has 1 atom stereocenters. The zero-order valence-electron chi connectivity index (χ0n) is 12.4. The monoisotopic (exact) mass is 290 g/mol. The normalized spacial score (nSPS) is 13.9. The van der Waals surface area contributed by atoms with Crippen molar-refractivity contribution in [2.45, 2.75) is 25.9 Å². The number of nitrogens with one attached hydrogen (secondary N) is 2. The standard InChI is InChI=1S/C15H22N4O2/c1-3-8-16-14-18-12-7-5-4-6-11(12)13(19-14)17-9-15(2,21)10-20/h4-7,20-21H,3,8-10H2,1-2H3,(H2,16,17,18,19). The number of para-hydroxylation sites is 1. The first-order valence-electron chi connectivity index (χ1n) is 7.13. The molecule has 2 rings (SSSR count). The molecule has 0 amide bonds. The Balaban J connectivity index is 2.30. The fourth-order valence-corrected chi connectivity index (χ4v) is 1.86. The van der Waals surface area contributed by atoms with E-state index in [4.69, 9.17) is 5.11 Å². The van der Waals surface area contributed by atoms with Crippen molar-refractivity contribution in [2.24, 2.45) is 0 Å². The van der Waals surface area contributed by atoms with E-state index in [0.717, 1.165) is 23.9 Å². The molecule has 1 heterocycles. The van der Waals surface area contributed by atoms with E-state index in [9.17, 15) is 5.11 Å². The molecule has 114 valence electrons. The third-order valence-corrected chi connectivity index (χ3v) is 3.11. The second kappa shape index (κ2) is 6.69. The van der Waals surface area contributed by atoms with Gasteiger partial charge in [0, 0.05) is 18.5 Å². The number of anilines is 2. The van der Waals surface area contributed by atoms with E-state index in [1.807, 2.05) is 24.3 Å². The largest absolute Gasteiger partial charge is 0.393 e. The van der Waals surface area contributed by atoms with Gasteiger partial charge in [-0.3, -0.25) is 0 Å². The maximum atomic E-state index is 9.90. The van der Waals surface area contributed by atoms with Gasteiger partial charge in [-0.1, -0.05) is 19.1 Å². The second-order valence-corrected chi connectivity index (χ2v) is 5.35. The Hall–Kier alpha value is -1.92. The Kier molecular flexibility index (Phi) is 4.93. The van der Waals surface area contributed by atoms with Crippen LogP contribution in [0.4, 0.5) is 11.8 Å². The lowest BCUT2D eigenvalue weighted by molar-refractivity contribution is 0.0132. The summed E-state index contributed by atoms with van der Waals surface area (Å²) in [5, 5.41) is 26.2. The number of rotatable bonds is 7. The minimum absolute atomic E-state index is 0.206. The Morgan fingerprint density at radius 3 is 2.67 bits per heavy atom. The maximum Gasteiger partial charge on any atom is 0.225 e. The van der Waals surface area contributed by atoms with Crippen LogP contribution < -0.4 is 10.6 Å². The minimum atomic E-state index is -1.19. The third-order valence-electron chi connectivity index (χ3n) is 3.11. The number of fused-ring (bicyclic) bond motifs is 1. The lowest BCUT2D eigenvalue weighted by Gasteiger charge is -2.21. The van der Waals surface area contributed by atoms with E-state index in [2.05, 4.69) is 27.5 Å². The smallest absolute Gasteiger partial charge is 0.225 e. The predicted molar refractivity (Wildman–Crippen MR) is 84.5 cm³/mol. The van der Waals surface area contributed by atoms with Crippen molar-refractivity contribution in [1.82, 2.24) is 9.97 Å². The summed E-state index contributed by atoms with van der Waals surface area (Å²) in [4.78, 5) is 8.91. The first-order chi connectivity index (χ1) is 10.1. The fourth-order valence-electron chi connectivity index (χ4n) is 1.86. The van der Waals surface area contributed by atoms with Crippen LogP contribution in [0.3, 0.4) is 0 Å². The van der Waals surface area contributed by atoms with Crippen LogP contribution in [-0.4, -0.2) is 45.5 Å². The van der Waals surface area contributed by atoms with E-state index < -0.39 is 5.60 Å². The molecule has 0 bridgehead atoms. The number of aliphatic hydroxyl groups excluding tert-OH is 1. The molecule has 1 aromatic carbocycles. The van der Waals surface area contributed by atoms with Gasteiger partial charge in [-0.15, -0.1) is 0 Å². The maximum absolute atomic E-state index is 9.90. The Morgan fingerprint density at radius 2 is 1.95 bits per heavy atom. The molecule has 4 N–H and O–H groups in total. The van der Waals surface area contributed by atoms with E-state index in [-0.39, 0.29) is 13.2 Å². The van der Waals surface area contributed by atoms with Crippen molar-refractivity contribution in [3.63, 3.8) is 0 Å². The van der Waals surface area contributed by atoms with Crippen LogP contribution in [0.25, 0.3) is 10.9 Å². The summed E-state index contributed by atoms with van der Waals surface area (Å²) >= 11 is 0. The van der Waals surface area contributed by atoms with Crippen LogP contribution in [0.2, 0.25) is 0 Å². The summed E-state index contributed by atoms with van der Waals surface area (Å²) in [5.41, 5.74) is -0.361. The van der Waals surface area contributed by atoms with Gasteiger partial charge in [0.05, 0.1) is 12.1 Å². The van der Waals surface area contributed by atoms with E-state index in [1.54, 1.807) is 6.92 Å². The number of nitrogens with zero attached hydrogens (tertiary/aromatic N) is 2. The molecular formula is C15H22N4O2. The molecule has 0 radical (unpaired) electrons. The Morgan fingerprint density at radius 1 is 1.19 bits per heavy atom. The summed E-state index contributed by atoms with van der Waals surface area (Å²) in [5.74, 6) is 1.20. The summed E-state index contributed by atoms with van der Waals surface area (Å²) in [6.45, 7) is 4.33. The lowest BCUT2D eigenvalue weighted by atomic mass is 10.1. The van der Waals surface area contributed by atoms with Gasteiger partial charge < -0.3 is 20.8 Å². The van der Waals surface area contributed by atoms with Crippen LogP contribution in [0.15, 0.2) is 24.3 Å². The van der Waals surface area contributed by atoms with E-state index in [1.165, 1.54) is 0 Å². The highest BCUT2D eigenvalue weighted by Gasteiger charge is 2.19. The Labute approximate surface area is 124 Å². The van der Waals surface area contributed by atoms with Crippen LogP contribution in [-0.2, 0) is 0 Å². The zero-order valence-corrected chi connectivity index (χ0v) is 12.4. The quantitative estimate of drug-likeness (QED) is 0.619. The van der Waals surface area contributed by atoms with Crippen molar-refractivity contribution in [1.29, 1.82) is 0 Å². The van der Waals surface area contributed by atoms with Gasteiger partial charge in [0.1, 0.15) is 11.4 Å². The first-order valence-corrected chi connectivity index (χ1v) is 7.13. The minimum Gasteiger partial charge on any atom is -0.393 e. The average molecular weight is 290 g/mol. The van der Waals surface area contributed by atoms with Gasteiger partial charge in [0.25, 0.3) is 0 Å². The number of aliphatic hydroxyl groups is 2. The van der Waals surface area contributed by atoms with Gasteiger partial charge >= 0.3 is 0 Å². The molecule has 2 aromatic rings. The van der Waals surface area contributed by atoms with Gasteiger partial charge in [-0.25, -0.2) is 4.98 Å². The van der Waals surface area contributed by atoms with Crippen molar-refractivity contribution < 1.29 is 10.2 Å². The summed E-state index contributed by atoms with van der Waals surface area (Å²) < 4.78 is 0. The molecule has 0 aliphatic rings. The number of benzene rings is 1. The molecule has 1 unspecified atom stereocenters. The van der Waals surface area contributed by atoms with Crippen molar-refractivity contribution >= 4 is 22.7 Å². The van der Waals surface area contributed by atoms with Gasteiger partial charge in [0.2, 0.25) is 5.95 Å². The molecule has 0 spiro atoms. The number of aromatic nitrogens is 2. The number of hydrogen-bond acceptors (Lipinski definition) is 6. The molecule has 0 aliphatic carbocycles. The lowest BCUT2D eigenvalue weighted by Crippen LogP contribution is -2.37. The summed E-state index contributed by atoms with van der Waals surface area (Å²) in [6, 6.07) is 7.69. The highest BCUT2D eigenvalue weighted by atomic mass is 16.3. The fraction of sp³-hybridized carbons (Fsp3) is 0.467. The summed E-state index contributed by atoms with van der Waals surface area (Å²) in [7, 11) is 0. The molecule has 0 saturated carbocycles. The van der Waals surface area contributed by atoms with Crippen molar-refractivity contribution in [3.05, 3.63) is 24.3 Å². The van der Waals surface area contributed by atoms with E-state index in [0.29, 0.717) is 11.8 Å². The second-order valence-electron chi connectivity index (χ2n) is 5.35. The van der Waals surface area contributed by atoms with Crippen LogP contribution >= 0.6 is 0 Å². The van der Waals surface area contributed by atoms with Gasteiger partial charge in [0.15, 0.2) is 0 Å². The van der Waals surface area contributed by atoms with Crippen LogP contribution in [0.1, 0.15) is 20.3 Å². The van der Waals surface area contributed by atoms with Crippen LogP contribution in [0.5, 0.6) is 0 Å². The molecule has 21 heavy (non-hydrogen) atoms. The highest BCUT2D eigenvalue weighted by molar-refractivity contribution is 5.90. The molecule has 6 nitrogen and oxygen atoms in total. The molecule has 1 aromatic heterocycles. The van der Waals surface area contributed by atoms with Gasteiger partial charge in [-0.2, -0.15) is 4.98 Å². The molecule has 0 fully saturated rings. The molecule has 0 aliphatic heterocycles.